The molecule has 0 heterocycles. The Bertz CT molecular complexity index is 1620. The van der Waals surface area contributed by atoms with Crippen molar-refractivity contribution >= 4 is 26.7 Å². The van der Waals surface area contributed by atoms with E-state index in [9.17, 15) is 0 Å². The smallest absolute Gasteiger partial charge is 0.0475 e. The van der Waals surface area contributed by atoms with Crippen molar-refractivity contribution in [3.05, 3.63) is 106 Å². The van der Waals surface area contributed by atoms with E-state index in [4.69, 9.17) is 0 Å². The minimum absolute atomic E-state index is 0.00254. The second-order valence-electron chi connectivity index (χ2n) is 14.2. The monoisotopic (exact) mass is 622 g/mol. The van der Waals surface area contributed by atoms with E-state index < -0.39 is 0 Å². The first-order chi connectivity index (χ1) is 19.8. The molecule has 222 valence electrons. The molecule has 0 spiro atoms. The molecule has 0 aliphatic heterocycles. The van der Waals surface area contributed by atoms with E-state index in [0.717, 1.165) is 19.3 Å². The van der Waals surface area contributed by atoms with Crippen molar-refractivity contribution in [2.24, 2.45) is 0 Å². The van der Waals surface area contributed by atoms with Gasteiger partial charge in [-0.1, -0.05) is 151 Å². The maximum Gasteiger partial charge on any atom is 0.0475 e. The molecule has 1 heteroatoms. The summed E-state index contributed by atoms with van der Waals surface area (Å²) in [5.41, 5.74) is 11.4. The van der Waals surface area contributed by atoms with Gasteiger partial charge >= 0.3 is 0 Å². The highest BCUT2D eigenvalue weighted by Crippen LogP contribution is 2.54. The van der Waals surface area contributed by atoms with E-state index in [1.54, 1.807) is 0 Å². The van der Waals surface area contributed by atoms with E-state index in [0.29, 0.717) is 5.92 Å². The summed E-state index contributed by atoms with van der Waals surface area (Å²) in [5.74, 6) is 0.593. The second-order valence-corrected chi connectivity index (χ2v) is 15.9. The number of fused-ring (bicyclic) bond motifs is 4. The summed E-state index contributed by atoms with van der Waals surface area (Å²) in [6, 6.07) is 28.9. The standard InChI is InChI=1S/C41H51Br/c1-11-27(5)28-15-16-30-24-31(18-17-29(30)23-28)39(8,12-2)40(9,13-3)32-19-21-34-35-22-20-33(41(10,42)14-4)26-37(35)38(6,7)36(34)25-32/h15-27H,11-14H2,1-10H3. The first-order valence-electron chi connectivity index (χ1n) is 16.3. The molecule has 0 amide bonds. The molecule has 4 aromatic carbocycles. The molecule has 0 fully saturated rings. The molecule has 0 radical (unpaired) electrons. The lowest BCUT2D eigenvalue weighted by molar-refractivity contribution is 0.234. The Morgan fingerprint density at radius 3 is 1.64 bits per heavy atom. The van der Waals surface area contributed by atoms with Crippen LogP contribution >= 0.6 is 15.9 Å². The molecule has 1 aliphatic carbocycles. The number of hydrogen-bond acceptors (Lipinski definition) is 0. The molecule has 0 bridgehead atoms. The summed E-state index contributed by atoms with van der Waals surface area (Å²) in [6.07, 6.45) is 4.39. The number of benzene rings is 4. The SMILES string of the molecule is CCC(C)c1ccc2cc(C(C)(CC)C(C)(CC)c3ccc4c(c3)C(C)(C)c3cc(C(C)(Br)CC)ccc3-4)ccc2c1. The molecule has 5 rings (SSSR count). The Kier molecular flexibility index (Phi) is 8.10. The summed E-state index contributed by atoms with van der Waals surface area (Å²) < 4.78 is -0.00254. The summed E-state index contributed by atoms with van der Waals surface area (Å²) in [4.78, 5) is 0. The number of alkyl halides is 1. The van der Waals surface area contributed by atoms with Gasteiger partial charge in [0.05, 0.1) is 0 Å². The van der Waals surface area contributed by atoms with Gasteiger partial charge in [0.15, 0.2) is 0 Å². The Labute approximate surface area is 264 Å². The average Bonchev–Trinajstić information content (AvgIpc) is 3.24. The van der Waals surface area contributed by atoms with Gasteiger partial charge in [0.2, 0.25) is 0 Å². The first kappa shape index (κ1) is 31.1. The maximum atomic E-state index is 4.00. The molecule has 4 atom stereocenters. The predicted molar refractivity (Wildman–Crippen MR) is 189 cm³/mol. The number of rotatable bonds is 9. The van der Waals surface area contributed by atoms with Crippen LogP contribution in [0.3, 0.4) is 0 Å². The van der Waals surface area contributed by atoms with Gasteiger partial charge in [0.25, 0.3) is 0 Å². The maximum absolute atomic E-state index is 4.00. The van der Waals surface area contributed by atoms with Gasteiger partial charge in [-0.25, -0.2) is 0 Å². The van der Waals surface area contributed by atoms with Crippen molar-refractivity contribution in [1.82, 2.24) is 0 Å². The van der Waals surface area contributed by atoms with Gasteiger partial charge in [-0.15, -0.1) is 0 Å². The Balaban J connectivity index is 1.60. The van der Waals surface area contributed by atoms with E-state index in [2.05, 4.69) is 158 Å². The van der Waals surface area contributed by atoms with Gasteiger partial charge < -0.3 is 0 Å². The molecule has 0 N–H and O–H groups in total. The van der Waals surface area contributed by atoms with Crippen LogP contribution in [0, 0.1) is 0 Å². The third-order valence-corrected chi connectivity index (χ3v) is 12.9. The third-order valence-electron chi connectivity index (χ3n) is 11.9. The second kappa shape index (κ2) is 11.0. The third kappa shape index (κ3) is 4.70. The number of hydrogen-bond donors (Lipinski definition) is 0. The quantitative estimate of drug-likeness (QED) is 0.163. The fourth-order valence-corrected chi connectivity index (χ4v) is 7.83. The topological polar surface area (TPSA) is 0 Å². The van der Waals surface area contributed by atoms with Crippen LogP contribution in [0.15, 0.2) is 72.8 Å². The van der Waals surface area contributed by atoms with Crippen LogP contribution in [0.4, 0.5) is 0 Å². The molecule has 42 heavy (non-hydrogen) atoms. The van der Waals surface area contributed by atoms with Crippen molar-refractivity contribution in [2.75, 3.05) is 0 Å². The fourth-order valence-electron chi connectivity index (χ4n) is 7.58. The Morgan fingerprint density at radius 1 is 0.619 bits per heavy atom. The van der Waals surface area contributed by atoms with Gasteiger partial charge in [0.1, 0.15) is 0 Å². The molecule has 1 aliphatic rings. The Hall–Kier alpha value is -2.38. The highest BCUT2D eigenvalue weighted by molar-refractivity contribution is 9.09. The van der Waals surface area contributed by atoms with E-state index >= 15 is 0 Å². The van der Waals surface area contributed by atoms with Crippen molar-refractivity contribution in [1.29, 1.82) is 0 Å². The van der Waals surface area contributed by atoms with E-state index in [-0.39, 0.29) is 20.6 Å². The molecular formula is C41H51Br. The molecule has 0 nitrogen and oxygen atoms in total. The van der Waals surface area contributed by atoms with Crippen molar-refractivity contribution < 1.29 is 0 Å². The van der Waals surface area contributed by atoms with Gasteiger partial charge in [-0.3, -0.25) is 0 Å². The van der Waals surface area contributed by atoms with Crippen molar-refractivity contribution in [3.8, 4) is 11.1 Å². The summed E-state index contributed by atoms with van der Waals surface area (Å²) in [5, 5.41) is 2.71. The summed E-state index contributed by atoms with van der Waals surface area (Å²) >= 11 is 4.00. The fraction of sp³-hybridized carbons (Fsp3) is 0.463. The normalized spacial score (nSPS) is 18.9. The largest absolute Gasteiger partial charge is 0.0804 e. The Morgan fingerprint density at radius 2 is 1.10 bits per heavy atom. The minimum atomic E-state index is -0.0406. The van der Waals surface area contributed by atoms with Crippen LogP contribution in [-0.2, 0) is 20.6 Å². The highest BCUT2D eigenvalue weighted by atomic mass is 79.9. The lowest BCUT2D eigenvalue weighted by Gasteiger charge is -2.47. The van der Waals surface area contributed by atoms with Crippen LogP contribution < -0.4 is 0 Å². The van der Waals surface area contributed by atoms with E-state index in [1.807, 2.05) is 0 Å². The molecule has 0 saturated heterocycles. The molecule has 0 saturated carbocycles. The predicted octanol–water partition coefficient (Wildman–Crippen LogP) is 12.7. The van der Waals surface area contributed by atoms with Gasteiger partial charge in [-0.05, 0) is 93.8 Å². The molecule has 4 aromatic rings. The molecule has 4 unspecified atom stereocenters. The lowest BCUT2D eigenvalue weighted by atomic mass is 9.56. The number of halogens is 1. The first-order valence-corrected chi connectivity index (χ1v) is 17.1. The van der Waals surface area contributed by atoms with E-state index in [1.165, 1.54) is 61.7 Å². The zero-order valence-electron chi connectivity index (χ0n) is 27.7. The van der Waals surface area contributed by atoms with Crippen LogP contribution in [0.2, 0.25) is 0 Å². The zero-order chi connectivity index (χ0) is 30.7. The molecular weight excluding hydrogens is 572 g/mol. The van der Waals surface area contributed by atoms with Gasteiger partial charge in [-0.2, -0.15) is 0 Å². The average molecular weight is 624 g/mol. The van der Waals surface area contributed by atoms with Crippen molar-refractivity contribution in [3.63, 3.8) is 0 Å². The zero-order valence-corrected chi connectivity index (χ0v) is 29.3. The van der Waals surface area contributed by atoms with Gasteiger partial charge in [0, 0.05) is 20.6 Å². The lowest BCUT2D eigenvalue weighted by Crippen LogP contribution is -2.44. The van der Waals surface area contributed by atoms with Crippen LogP contribution in [0.1, 0.15) is 134 Å². The van der Waals surface area contributed by atoms with Crippen LogP contribution in [0.5, 0.6) is 0 Å². The highest BCUT2D eigenvalue weighted by Gasteiger charge is 2.46. The minimum Gasteiger partial charge on any atom is -0.0804 e. The van der Waals surface area contributed by atoms with Crippen LogP contribution in [-0.4, -0.2) is 0 Å². The summed E-state index contributed by atoms with van der Waals surface area (Å²) in [7, 11) is 0. The van der Waals surface area contributed by atoms with Crippen LogP contribution in [0.25, 0.3) is 21.9 Å². The molecule has 0 aromatic heterocycles. The summed E-state index contributed by atoms with van der Waals surface area (Å²) in [6.45, 7) is 23.8. The van der Waals surface area contributed by atoms with Crippen molar-refractivity contribution in [2.45, 2.75) is 121 Å².